The Balaban J connectivity index is 3.01. The molecule has 9 heavy (non-hydrogen) atoms. The van der Waals surface area contributed by atoms with Crippen molar-refractivity contribution in [2.45, 2.75) is 12.4 Å². The maximum Gasteiger partial charge on any atom is 0.116 e. The Morgan fingerprint density at radius 2 is 2.78 bits per heavy atom. The number of hydrogen-bond acceptors (Lipinski definition) is 1. The summed E-state index contributed by atoms with van der Waals surface area (Å²) in [5.41, 5.74) is 5.27. The number of halogens is 2. The molecule has 2 atom stereocenters. The maximum absolute atomic E-state index is 12.9. The van der Waals surface area contributed by atoms with Gasteiger partial charge in [-0.1, -0.05) is 6.08 Å². The smallest absolute Gasteiger partial charge is 0.116 e. The van der Waals surface area contributed by atoms with Crippen LogP contribution >= 0.6 is 15.9 Å². The molecule has 0 saturated carbocycles. The van der Waals surface area contributed by atoms with Crippen molar-refractivity contribution in [3.63, 3.8) is 0 Å². The first-order chi connectivity index (χ1) is 4.95. The quantitative estimate of drug-likeness (QED) is 0.625. The van der Waals surface area contributed by atoms with Crippen molar-refractivity contribution < 1.29 is 7.13 Å². The molecule has 2 N–H and O–H groups in total. The molecule has 0 fully saturated rings. The van der Waals surface area contributed by atoms with Gasteiger partial charge in [0.15, 0.2) is 0 Å². The van der Waals surface area contributed by atoms with Gasteiger partial charge in [-0.15, -0.1) is 0 Å². The minimum absolute atomic E-state index is 0.200. The molecule has 0 radical (unpaired) electrons. The highest BCUT2D eigenvalue weighted by atomic mass is 79.9. The average Bonchev–Trinajstić information content (AvgIpc) is 1.95. The first-order valence-corrected chi connectivity index (χ1v) is 3.20. The van der Waals surface area contributed by atoms with Gasteiger partial charge in [-0.3, -0.25) is 0 Å². The number of nitrogens with two attached hydrogens (primary N) is 1. The molecule has 0 aromatic carbocycles. The summed E-state index contributed by atoms with van der Waals surface area (Å²) < 4.78 is 27.5. The fourth-order valence-corrected chi connectivity index (χ4v) is 0.759. The van der Waals surface area contributed by atoms with Crippen LogP contribution in [0.4, 0.5) is 4.39 Å². The van der Waals surface area contributed by atoms with Crippen LogP contribution in [0.1, 0.15) is 9.14 Å². The lowest BCUT2D eigenvalue weighted by Gasteiger charge is -2.09. The van der Waals surface area contributed by atoms with E-state index in [-0.39, 0.29) is 4.48 Å². The lowest BCUT2D eigenvalue weighted by Crippen LogP contribution is -2.18. The van der Waals surface area contributed by atoms with Gasteiger partial charge in [0, 0.05) is 18.3 Å². The van der Waals surface area contributed by atoms with Crippen LogP contribution in [0.25, 0.3) is 0 Å². The first-order valence-electron chi connectivity index (χ1n) is 3.48. The molecule has 0 amide bonds. The highest BCUT2D eigenvalue weighted by Crippen LogP contribution is 2.23. The second-order valence-electron chi connectivity index (χ2n) is 1.67. The van der Waals surface area contributed by atoms with Crippen LogP contribution in [0.3, 0.4) is 0 Å². The predicted octanol–water partition coefficient (Wildman–Crippen LogP) is 1.85. The van der Waals surface area contributed by atoms with E-state index >= 15 is 0 Å². The third-order valence-corrected chi connectivity index (χ3v) is 1.59. The molecule has 0 aromatic heterocycles. The zero-order valence-electron chi connectivity index (χ0n) is 6.57. The van der Waals surface area contributed by atoms with Crippen molar-refractivity contribution in [3.8, 4) is 0 Å². The molecule has 0 bridgehead atoms. The summed E-state index contributed by atoms with van der Waals surface area (Å²) in [6, 6.07) is -1.64. The highest BCUT2D eigenvalue weighted by molar-refractivity contribution is 9.11. The summed E-state index contributed by atoms with van der Waals surface area (Å²) in [4.78, 5) is 0. The summed E-state index contributed by atoms with van der Waals surface area (Å²) in [6.45, 7) is 0. The van der Waals surface area contributed by atoms with Gasteiger partial charge >= 0.3 is 0 Å². The van der Waals surface area contributed by atoms with Crippen molar-refractivity contribution in [2.24, 2.45) is 5.73 Å². The van der Waals surface area contributed by atoms with Crippen LogP contribution in [0, 0.1) is 0 Å². The maximum atomic E-state index is 12.9. The Hall–Kier alpha value is -0.150. The van der Waals surface area contributed by atoms with Crippen LogP contribution in [-0.2, 0) is 0 Å². The Bertz CT molecular complexity index is 237. The zero-order chi connectivity index (χ0) is 8.65. The van der Waals surface area contributed by atoms with E-state index in [0.717, 1.165) is 0 Å². The Kier molecular flexibility index (Phi) is 1.35. The molecular formula is C6H7BrFN. The second-order valence-corrected chi connectivity index (χ2v) is 2.53. The van der Waals surface area contributed by atoms with Crippen LogP contribution in [-0.4, -0.2) is 6.02 Å². The van der Waals surface area contributed by atoms with Gasteiger partial charge in [0.1, 0.15) is 5.83 Å². The molecule has 50 valence electrons. The largest absolute Gasteiger partial charge is 0.324 e. The van der Waals surface area contributed by atoms with Crippen molar-refractivity contribution in [1.82, 2.24) is 0 Å². The zero-order valence-corrected chi connectivity index (χ0v) is 6.15. The van der Waals surface area contributed by atoms with E-state index in [0.29, 0.717) is 0 Å². The van der Waals surface area contributed by atoms with Gasteiger partial charge in [0.25, 0.3) is 0 Å². The lowest BCUT2D eigenvalue weighted by molar-refractivity contribution is 0.561. The minimum Gasteiger partial charge on any atom is -0.324 e. The number of allylic oxidation sites excluding steroid dienone is 2. The fraction of sp³-hybridized carbons (Fsp3) is 0.333. The van der Waals surface area contributed by atoms with Gasteiger partial charge in [0.05, 0.1) is 1.37 Å². The summed E-state index contributed by atoms with van der Waals surface area (Å²) in [5.74, 6) is -0.690. The first kappa shape index (κ1) is 4.63. The summed E-state index contributed by atoms with van der Waals surface area (Å²) in [6.07, 6.45) is 1.31. The van der Waals surface area contributed by atoms with Crippen LogP contribution < -0.4 is 5.73 Å². The monoisotopic (exact) mass is 193 g/mol. The number of hydrogen-bond donors (Lipinski definition) is 1. The van der Waals surface area contributed by atoms with Crippen LogP contribution in [0.2, 0.25) is 0 Å². The molecule has 0 aromatic rings. The third kappa shape index (κ3) is 1.63. The molecule has 1 nitrogen and oxygen atoms in total. The second kappa shape index (κ2) is 2.62. The molecule has 0 saturated heterocycles. The Labute approximate surface area is 64.4 Å². The Morgan fingerprint density at radius 1 is 2.11 bits per heavy atom. The van der Waals surface area contributed by atoms with E-state index in [1.54, 1.807) is 0 Å². The summed E-state index contributed by atoms with van der Waals surface area (Å²) in [7, 11) is 0. The molecule has 1 rings (SSSR count). The molecule has 1 aliphatic carbocycles. The minimum atomic E-state index is -1.64. The van der Waals surface area contributed by atoms with E-state index in [9.17, 15) is 4.39 Å². The SMILES string of the molecule is [2H]C1C(F)=C(Br)C=CC1([2H])N. The van der Waals surface area contributed by atoms with Crippen LogP contribution in [0.15, 0.2) is 22.5 Å². The third-order valence-electron chi connectivity index (χ3n) is 0.944. The van der Waals surface area contributed by atoms with Crippen molar-refractivity contribution in [3.05, 3.63) is 22.5 Å². The van der Waals surface area contributed by atoms with Crippen LogP contribution in [0.5, 0.6) is 0 Å². The van der Waals surface area contributed by atoms with Gasteiger partial charge in [-0.05, 0) is 22.0 Å². The van der Waals surface area contributed by atoms with Crippen molar-refractivity contribution >= 4 is 15.9 Å². The van der Waals surface area contributed by atoms with Crippen molar-refractivity contribution in [1.29, 1.82) is 0 Å². The van der Waals surface area contributed by atoms with Gasteiger partial charge < -0.3 is 5.73 Å². The molecule has 0 heterocycles. The highest BCUT2D eigenvalue weighted by Gasteiger charge is 2.10. The Morgan fingerprint density at radius 3 is 3.33 bits per heavy atom. The molecule has 2 unspecified atom stereocenters. The molecule has 0 aliphatic heterocycles. The van der Waals surface area contributed by atoms with E-state index < -0.39 is 18.2 Å². The summed E-state index contributed by atoms with van der Waals surface area (Å²) >= 11 is 2.90. The average molecular weight is 194 g/mol. The molecule has 0 spiro atoms. The van der Waals surface area contributed by atoms with E-state index in [1.807, 2.05) is 0 Å². The topological polar surface area (TPSA) is 26.0 Å². The molecule has 3 heteroatoms. The predicted molar refractivity (Wildman–Crippen MR) is 38.8 cm³/mol. The van der Waals surface area contributed by atoms with E-state index in [1.165, 1.54) is 12.2 Å². The summed E-state index contributed by atoms with van der Waals surface area (Å²) in [5, 5.41) is 0. The normalized spacial score (nSPS) is 46.8. The van der Waals surface area contributed by atoms with E-state index in [2.05, 4.69) is 15.9 Å². The molecule has 1 aliphatic rings. The van der Waals surface area contributed by atoms with Gasteiger partial charge in [-0.25, -0.2) is 4.39 Å². The van der Waals surface area contributed by atoms with Gasteiger partial charge in [0.2, 0.25) is 0 Å². The fourth-order valence-electron chi connectivity index (χ4n) is 0.512. The van der Waals surface area contributed by atoms with E-state index in [4.69, 9.17) is 8.48 Å². The standard InChI is InChI=1S/C6H7BrFN/c7-5-2-1-4(9)3-6(5)8/h1-2,4H,3,9H2/i3D,4D. The van der Waals surface area contributed by atoms with Gasteiger partial charge in [-0.2, -0.15) is 0 Å². The lowest BCUT2D eigenvalue weighted by atomic mass is 10.1. The number of rotatable bonds is 0. The van der Waals surface area contributed by atoms with Crippen molar-refractivity contribution in [2.75, 3.05) is 0 Å². The molecular weight excluding hydrogens is 185 g/mol.